The molecule has 15 heavy (non-hydrogen) atoms. The van der Waals surface area contributed by atoms with E-state index in [0.29, 0.717) is 5.56 Å². The van der Waals surface area contributed by atoms with Gasteiger partial charge in [-0.25, -0.2) is 0 Å². The van der Waals surface area contributed by atoms with Crippen LogP contribution in [0.2, 0.25) is 0 Å². The van der Waals surface area contributed by atoms with E-state index in [1.165, 1.54) is 0 Å². The summed E-state index contributed by atoms with van der Waals surface area (Å²) in [6.45, 7) is 1.94. The second kappa shape index (κ2) is 3.63. The Morgan fingerprint density at radius 1 is 1.53 bits per heavy atom. The smallest absolute Gasteiger partial charge is 0.101 e. The Balaban J connectivity index is 2.27. The maximum Gasteiger partial charge on any atom is 0.101 e. The van der Waals surface area contributed by atoms with E-state index in [1.807, 2.05) is 19.1 Å². The van der Waals surface area contributed by atoms with Crippen LogP contribution in [0.4, 0.5) is 0 Å². The minimum Gasteiger partial charge on any atom is -0.378 e. The first kappa shape index (κ1) is 10.1. The zero-order valence-electron chi connectivity index (χ0n) is 9.08. The van der Waals surface area contributed by atoms with Gasteiger partial charge in [0.15, 0.2) is 0 Å². The van der Waals surface area contributed by atoms with Crippen molar-refractivity contribution in [3.05, 3.63) is 29.1 Å². The quantitative estimate of drug-likeness (QED) is 0.753. The molecule has 3 heteroatoms. The van der Waals surface area contributed by atoms with Crippen LogP contribution >= 0.6 is 0 Å². The predicted molar refractivity (Wildman–Crippen MR) is 56.4 cm³/mol. The van der Waals surface area contributed by atoms with Crippen LogP contribution in [0.5, 0.6) is 0 Å². The fraction of sp³-hybridized carbons (Fsp3) is 0.500. The van der Waals surface area contributed by atoms with E-state index in [2.05, 4.69) is 11.1 Å². The van der Waals surface area contributed by atoms with Gasteiger partial charge in [-0.05, 0) is 31.9 Å². The second-order valence-electron chi connectivity index (χ2n) is 4.12. The zero-order valence-corrected chi connectivity index (χ0v) is 9.08. The molecule has 0 aliphatic heterocycles. The van der Waals surface area contributed by atoms with Crippen LogP contribution in [0.1, 0.15) is 29.8 Å². The third-order valence-electron chi connectivity index (χ3n) is 2.96. The molecular formula is C12H14N2O. The Kier molecular flexibility index (Phi) is 2.45. The lowest BCUT2D eigenvalue weighted by Crippen LogP contribution is -2.17. The van der Waals surface area contributed by atoms with Gasteiger partial charge in [-0.15, -0.1) is 0 Å². The first-order valence-electron chi connectivity index (χ1n) is 5.11. The number of aromatic nitrogens is 1. The van der Waals surface area contributed by atoms with Crippen LogP contribution in [0, 0.1) is 18.3 Å². The highest BCUT2D eigenvalue weighted by Gasteiger charge is 2.43. The summed E-state index contributed by atoms with van der Waals surface area (Å²) in [5.41, 5.74) is 2.46. The van der Waals surface area contributed by atoms with Crippen molar-refractivity contribution in [1.29, 1.82) is 5.26 Å². The molecule has 0 bridgehead atoms. The third kappa shape index (κ3) is 2.00. The molecule has 2 rings (SSSR count). The zero-order chi connectivity index (χ0) is 10.9. The molecule has 0 atom stereocenters. The van der Waals surface area contributed by atoms with Gasteiger partial charge in [-0.3, -0.25) is 4.98 Å². The van der Waals surface area contributed by atoms with Crippen LogP contribution in [-0.4, -0.2) is 17.7 Å². The van der Waals surface area contributed by atoms with Crippen LogP contribution in [-0.2, 0) is 11.2 Å². The van der Waals surface area contributed by atoms with Gasteiger partial charge >= 0.3 is 0 Å². The van der Waals surface area contributed by atoms with Crippen molar-refractivity contribution < 1.29 is 4.74 Å². The lowest BCUT2D eigenvalue weighted by Gasteiger charge is -2.13. The fourth-order valence-corrected chi connectivity index (χ4v) is 1.74. The SMILES string of the molecule is COC1(Cc2nc(C)ccc2C#N)CC1. The number of aryl methyl sites for hydroxylation is 1. The number of nitriles is 1. The molecule has 0 N–H and O–H groups in total. The number of rotatable bonds is 3. The van der Waals surface area contributed by atoms with Gasteiger partial charge in [0.25, 0.3) is 0 Å². The van der Waals surface area contributed by atoms with E-state index < -0.39 is 0 Å². The average molecular weight is 202 g/mol. The van der Waals surface area contributed by atoms with Gasteiger partial charge in [0.2, 0.25) is 0 Å². The Labute approximate surface area is 89.7 Å². The van der Waals surface area contributed by atoms with Gasteiger partial charge in [-0.1, -0.05) is 0 Å². The topological polar surface area (TPSA) is 45.9 Å². The van der Waals surface area contributed by atoms with E-state index in [9.17, 15) is 0 Å². The van der Waals surface area contributed by atoms with Crippen molar-refractivity contribution in [2.45, 2.75) is 31.8 Å². The van der Waals surface area contributed by atoms with Gasteiger partial charge in [0.1, 0.15) is 6.07 Å². The standard InChI is InChI=1S/C12H14N2O/c1-9-3-4-10(8-13)11(14-9)7-12(15-2)5-6-12/h3-4H,5-7H2,1-2H3. The first-order chi connectivity index (χ1) is 7.19. The predicted octanol–water partition coefficient (Wildman–Crippen LogP) is 1.98. The largest absolute Gasteiger partial charge is 0.378 e. The Morgan fingerprint density at radius 2 is 2.27 bits per heavy atom. The van der Waals surface area contributed by atoms with Crippen molar-refractivity contribution in [3.63, 3.8) is 0 Å². The number of methoxy groups -OCH3 is 1. The highest BCUT2D eigenvalue weighted by molar-refractivity contribution is 5.35. The molecular weight excluding hydrogens is 188 g/mol. The highest BCUT2D eigenvalue weighted by atomic mass is 16.5. The summed E-state index contributed by atoms with van der Waals surface area (Å²) in [5, 5.41) is 8.97. The number of nitrogens with zero attached hydrogens (tertiary/aromatic N) is 2. The van der Waals surface area contributed by atoms with Crippen LogP contribution in [0.25, 0.3) is 0 Å². The normalized spacial score (nSPS) is 17.1. The molecule has 1 aliphatic carbocycles. The highest BCUT2D eigenvalue weighted by Crippen LogP contribution is 2.41. The molecule has 3 nitrogen and oxygen atoms in total. The maximum atomic E-state index is 8.97. The number of hydrogen-bond acceptors (Lipinski definition) is 3. The van der Waals surface area contributed by atoms with E-state index >= 15 is 0 Å². The number of pyridine rings is 1. The summed E-state index contributed by atoms with van der Waals surface area (Å²) in [4.78, 5) is 4.41. The van der Waals surface area contributed by atoms with E-state index in [-0.39, 0.29) is 5.60 Å². The summed E-state index contributed by atoms with van der Waals surface area (Å²) >= 11 is 0. The van der Waals surface area contributed by atoms with Crippen molar-refractivity contribution in [3.8, 4) is 6.07 Å². The molecule has 1 saturated carbocycles. The van der Waals surface area contributed by atoms with Crippen molar-refractivity contribution in [2.24, 2.45) is 0 Å². The third-order valence-corrected chi connectivity index (χ3v) is 2.96. The molecule has 1 fully saturated rings. The second-order valence-corrected chi connectivity index (χ2v) is 4.12. The van der Waals surface area contributed by atoms with E-state index in [0.717, 1.165) is 30.7 Å². The average Bonchev–Trinajstić information content (AvgIpc) is 2.99. The van der Waals surface area contributed by atoms with Gasteiger partial charge < -0.3 is 4.74 Å². The van der Waals surface area contributed by atoms with E-state index in [4.69, 9.17) is 10.00 Å². The maximum absolute atomic E-state index is 8.97. The summed E-state index contributed by atoms with van der Waals surface area (Å²) in [5.74, 6) is 0. The Morgan fingerprint density at radius 3 is 2.80 bits per heavy atom. The van der Waals surface area contributed by atoms with Crippen LogP contribution in [0.3, 0.4) is 0 Å². The number of ether oxygens (including phenoxy) is 1. The van der Waals surface area contributed by atoms with Crippen LogP contribution in [0.15, 0.2) is 12.1 Å². The minimum atomic E-state index is -0.0353. The van der Waals surface area contributed by atoms with Crippen molar-refractivity contribution >= 4 is 0 Å². The van der Waals surface area contributed by atoms with Gasteiger partial charge in [0, 0.05) is 19.2 Å². The van der Waals surface area contributed by atoms with Crippen molar-refractivity contribution in [2.75, 3.05) is 7.11 Å². The van der Waals surface area contributed by atoms with Gasteiger partial charge in [0.05, 0.1) is 16.9 Å². The molecule has 1 aliphatic rings. The number of hydrogen-bond donors (Lipinski definition) is 0. The first-order valence-corrected chi connectivity index (χ1v) is 5.11. The fourth-order valence-electron chi connectivity index (χ4n) is 1.74. The summed E-state index contributed by atoms with van der Waals surface area (Å²) in [7, 11) is 1.73. The lowest BCUT2D eigenvalue weighted by molar-refractivity contribution is 0.0798. The molecule has 0 aromatic carbocycles. The Hall–Kier alpha value is -1.40. The monoisotopic (exact) mass is 202 g/mol. The summed E-state index contributed by atoms with van der Waals surface area (Å²) in [6.07, 6.45) is 2.90. The molecule has 0 amide bonds. The summed E-state index contributed by atoms with van der Waals surface area (Å²) < 4.78 is 5.44. The van der Waals surface area contributed by atoms with Gasteiger partial charge in [-0.2, -0.15) is 5.26 Å². The van der Waals surface area contributed by atoms with Crippen LogP contribution < -0.4 is 0 Å². The molecule has 78 valence electrons. The molecule has 0 spiro atoms. The van der Waals surface area contributed by atoms with Crippen molar-refractivity contribution in [1.82, 2.24) is 4.98 Å². The van der Waals surface area contributed by atoms with E-state index in [1.54, 1.807) is 7.11 Å². The Bertz CT molecular complexity index is 416. The minimum absolute atomic E-state index is 0.0353. The molecule has 0 radical (unpaired) electrons. The summed E-state index contributed by atoms with van der Waals surface area (Å²) in [6, 6.07) is 5.89. The molecule has 1 aromatic heterocycles. The molecule has 0 saturated heterocycles. The molecule has 0 unspecified atom stereocenters. The molecule has 1 aromatic rings. The lowest BCUT2D eigenvalue weighted by atomic mass is 10.1. The molecule has 1 heterocycles.